The van der Waals surface area contributed by atoms with Crippen LogP contribution in [0.25, 0.3) is 44.3 Å². The van der Waals surface area contributed by atoms with Gasteiger partial charge in [0, 0.05) is 30.4 Å². The summed E-state index contributed by atoms with van der Waals surface area (Å²) in [4.78, 5) is 76.5. The molecule has 2 fully saturated rings. The highest BCUT2D eigenvalue weighted by Crippen LogP contribution is 2.36. The average Bonchev–Trinajstić information content (AvgIpc) is 4.09. The fourth-order valence-electron chi connectivity index (χ4n) is 8.20. The molecule has 7 rings (SSSR count). The number of ether oxygens (including phenoxy) is 2. The number of methoxy groups -OCH3 is 2. The smallest absolute Gasteiger partial charge is 0.407 e. The van der Waals surface area contributed by atoms with Crippen molar-refractivity contribution in [3.05, 3.63) is 66.5 Å². The maximum absolute atomic E-state index is 13.8. The highest BCUT2D eigenvalue weighted by Gasteiger charge is 2.39. The van der Waals surface area contributed by atoms with Crippen LogP contribution in [0.5, 0.6) is 0 Å². The summed E-state index contributed by atoms with van der Waals surface area (Å²) in [6.07, 6.45) is 7.05. The van der Waals surface area contributed by atoms with Gasteiger partial charge in [-0.25, -0.2) is 24.5 Å². The number of imidazole rings is 2. The minimum atomic E-state index is -0.695. The Hall–Kier alpha value is -5.99. The molecule has 15 heteroatoms. The van der Waals surface area contributed by atoms with E-state index in [2.05, 4.69) is 57.0 Å². The number of nitrogens with zero attached hydrogens (tertiary/aromatic N) is 5. The molecule has 2 aromatic carbocycles. The van der Waals surface area contributed by atoms with Crippen molar-refractivity contribution in [1.29, 1.82) is 0 Å². The topological polar surface area (TPSA) is 188 Å². The summed E-state index contributed by atoms with van der Waals surface area (Å²) in [5, 5.41) is 7.61. The molecule has 0 aliphatic carbocycles. The second kappa shape index (κ2) is 17.2. The SMILES string of the molecule is CC[C@@H](C)[C@H](NC(=O)OC)C(=O)N1CCC[C@H]1c1ncc(-c2ccc3cc(-c4cnc5nc([C@@H]6CCCN6C(=O)[C@@H](NC(=O)OC)[C@H](C)CC)[nH]c5c4)ccc3c2)[nH]1. The Morgan fingerprint density at radius 2 is 1.28 bits per heavy atom. The molecule has 2 saturated heterocycles. The van der Waals surface area contributed by atoms with Gasteiger partial charge in [0.15, 0.2) is 5.65 Å². The van der Waals surface area contributed by atoms with E-state index in [0.29, 0.717) is 24.6 Å². The summed E-state index contributed by atoms with van der Waals surface area (Å²) in [6, 6.07) is 12.8. The van der Waals surface area contributed by atoms with Crippen molar-refractivity contribution in [3.8, 4) is 22.4 Å². The van der Waals surface area contributed by atoms with E-state index in [1.54, 1.807) is 0 Å². The number of aromatic amines is 2. The zero-order valence-electron chi connectivity index (χ0n) is 34.0. The van der Waals surface area contributed by atoms with E-state index >= 15 is 0 Å². The predicted octanol–water partition coefficient (Wildman–Crippen LogP) is 7.04. The Labute approximate surface area is 337 Å². The fourth-order valence-corrected chi connectivity index (χ4v) is 8.20. The summed E-state index contributed by atoms with van der Waals surface area (Å²) in [5.41, 5.74) is 5.12. The van der Waals surface area contributed by atoms with E-state index < -0.39 is 24.3 Å². The monoisotopic (exact) mass is 791 g/mol. The lowest BCUT2D eigenvalue weighted by Crippen LogP contribution is -2.51. The van der Waals surface area contributed by atoms with Crippen molar-refractivity contribution in [2.24, 2.45) is 11.8 Å². The third-order valence-electron chi connectivity index (χ3n) is 12.0. The first kappa shape index (κ1) is 40.2. The highest BCUT2D eigenvalue weighted by molar-refractivity contribution is 5.92. The number of likely N-dealkylation sites (tertiary alicyclic amines) is 2. The van der Waals surface area contributed by atoms with Crippen LogP contribution in [-0.2, 0) is 19.1 Å². The number of amides is 4. The van der Waals surface area contributed by atoms with E-state index in [4.69, 9.17) is 24.4 Å². The van der Waals surface area contributed by atoms with Crippen molar-refractivity contribution in [3.63, 3.8) is 0 Å². The van der Waals surface area contributed by atoms with Crippen molar-refractivity contribution in [2.75, 3.05) is 27.3 Å². The summed E-state index contributed by atoms with van der Waals surface area (Å²) >= 11 is 0. The number of carbonyl (C=O) groups excluding carboxylic acids is 4. The van der Waals surface area contributed by atoms with E-state index in [0.717, 1.165) is 83.0 Å². The molecule has 0 unspecified atom stereocenters. The molecule has 4 amide bonds. The maximum Gasteiger partial charge on any atom is 0.407 e. The van der Waals surface area contributed by atoms with Crippen molar-refractivity contribution >= 4 is 45.9 Å². The van der Waals surface area contributed by atoms with Crippen LogP contribution in [0.15, 0.2) is 54.9 Å². The summed E-state index contributed by atoms with van der Waals surface area (Å²) in [5.74, 6) is 1.00. The molecule has 5 heterocycles. The lowest BCUT2D eigenvalue weighted by Gasteiger charge is -2.30. The van der Waals surface area contributed by atoms with Gasteiger partial charge in [0.2, 0.25) is 11.8 Å². The van der Waals surface area contributed by atoms with Gasteiger partial charge in [0.1, 0.15) is 23.7 Å². The van der Waals surface area contributed by atoms with Gasteiger partial charge in [-0.05, 0) is 72.1 Å². The van der Waals surface area contributed by atoms with Crippen LogP contribution in [0.3, 0.4) is 0 Å². The van der Waals surface area contributed by atoms with Gasteiger partial charge in [-0.2, -0.15) is 0 Å². The molecule has 306 valence electrons. The minimum absolute atomic E-state index is 0.0603. The molecule has 5 aromatic rings. The van der Waals surface area contributed by atoms with Crippen LogP contribution in [0, 0.1) is 11.8 Å². The fraction of sp³-hybridized carbons (Fsp3) is 0.465. The molecule has 6 atom stereocenters. The number of nitrogens with one attached hydrogen (secondary N) is 4. The van der Waals surface area contributed by atoms with E-state index in [-0.39, 0.29) is 35.7 Å². The van der Waals surface area contributed by atoms with Gasteiger partial charge >= 0.3 is 12.2 Å². The number of alkyl carbamates (subject to hydrolysis) is 2. The zero-order chi connectivity index (χ0) is 41.1. The number of hydrogen-bond donors (Lipinski definition) is 4. The molecule has 4 N–H and O–H groups in total. The van der Waals surface area contributed by atoms with Gasteiger partial charge < -0.3 is 39.9 Å². The molecule has 2 aliphatic heterocycles. The highest BCUT2D eigenvalue weighted by atomic mass is 16.5. The van der Waals surface area contributed by atoms with E-state index in [9.17, 15) is 19.2 Å². The molecule has 0 spiro atoms. The third kappa shape index (κ3) is 8.07. The Balaban J connectivity index is 1.07. The third-order valence-corrected chi connectivity index (χ3v) is 12.0. The second-order valence-corrected chi connectivity index (χ2v) is 15.6. The summed E-state index contributed by atoms with van der Waals surface area (Å²) < 4.78 is 9.62. The molecule has 0 saturated carbocycles. The Morgan fingerprint density at radius 3 is 1.84 bits per heavy atom. The molecule has 0 bridgehead atoms. The number of pyridine rings is 1. The van der Waals surface area contributed by atoms with Crippen LogP contribution in [-0.4, -0.2) is 98.1 Å². The number of benzene rings is 2. The van der Waals surface area contributed by atoms with Crippen LogP contribution in [0.2, 0.25) is 0 Å². The Bertz CT molecular complexity index is 2300. The van der Waals surface area contributed by atoms with Gasteiger partial charge in [0.25, 0.3) is 0 Å². The molecule has 3 aromatic heterocycles. The molecule has 2 aliphatic rings. The van der Waals surface area contributed by atoms with Crippen LogP contribution in [0.4, 0.5) is 9.59 Å². The molecule has 15 nitrogen and oxygen atoms in total. The van der Waals surface area contributed by atoms with Crippen molar-refractivity contribution in [2.45, 2.75) is 90.4 Å². The van der Waals surface area contributed by atoms with Gasteiger partial charge in [-0.1, -0.05) is 64.8 Å². The van der Waals surface area contributed by atoms with Gasteiger partial charge in [-0.15, -0.1) is 0 Å². The molecular formula is C43H53N9O6. The number of carbonyl (C=O) groups is 4. The molecule has 0 radical (unpaired) electrons. The zero-order valence-corrected chi connectivity index (χ0v) is 34.0. The number of fused-ring (bicyclic) bond motifs is 2. The normalized spacial score (nSPS) is 18.9. The van der Waals surface area contributed by atoms with Crippen molar-refractivity contribution in [1.82, 2.24) is 45.4 Å². The summed E-state index contributed by atoms with van der Waals surface area (Å²) in [6.45, 7) is 9.06. The molecular weight excluding hydrogens is 739 g/mol. The lowest BCUT2D eigenvalue weighted by atomic mass is 9.97. The maximum atomic E-state index is 13.8. The van der Waals surface area contributed by atoms with Gasteiger partial charge in [-0.3, -0.25) is 9.59 Å². The largest absolute Gasteiger partial charge is 0.453 e. The quantitative estimate of drug-likeness (QED) is 0.103. The van der Waals surface area contributed by atoms with Crippen molar-refractivity contribution < 1.29 is 28.7 Å². The number of H-pyrrole nitrogens is 2. The Kier molecular flexibility index (Phi) is 12.0. The van der Waals surface area contributed by atoms with Gasteiger partial charge in [0.05, 0.1) is 43.7 Å². The van der Waals surface area contributed by atoms with E-state index in [1.807, 2.05) is 56.0 Å². The molecule has 58 heavy (non-hydrogen) atoms. The minimum Gasteiger partial charge on any atom is -0.453 e. The van der Waals surface area contributed by atoms with Crippen LogP contribution in [0.1, 0.15) is 90.0 Å². The number of aromatic nitrogens is 5. The average molecular weight is 792 g/mol. The standard InChI is InChI=1S/C43H53N9O6/c1-7-24(3)35(48-42(55)57-5)40(53)51-17-9-11-33(51)38-45-23-32(47-38)29-16-15-26-19-28(14-13-27(26)20-29)30-21-31-37(44-22-30)50-39(46-31)34-12-10-18-52(34)41(54)36(25(4)8-2)49-43(56)58-6/h13-16,19-25,33-36H,7-12,17-18H2,1-6H3,(H,45,47)(H,48,55)(H,49,56)(H,44,46,50)/t24-,25-,33+,34+,35+,36+/m1/s1. The number of rotatable bonds is 12. The van der Waals surface area contributed by atoms with E-state index in [1.165, 1.54) is 14.2 Å². The number of hydrogen-bond acceptors (Lipinski definition) is 9. The van der Waals surface area contributed by atoms with Crippen LogP contribution >= 0.6 is 0 Å². The first-order valence-electron chi connectivity index (χ1n) is 20.3. The summed E-state index contributed by atoms with van der Waals surface area (Å²) in [7, 11) is 2.59. The second-order valence-electron chi connectivity index (χ2n) is 15.6. The predicted molar refractivity (Wildman–Crippen MR) is 219 cm³/mol. The lowest BCUT2D eigenvalue weighted by molar-refractivity contribution is -0.136. The Morgan fingerprint density at radius 1 is 0.724 bits per heavy atom. The first-order valence-corrected chi connectivity index (χ1v) is 20.3. The first-order chi connectivity index (χ1) is 28.0. The van der Waals surface area contributed by atoms with Crippen LogP contribution < -0.4 is 10.6 Å².